The Kier molecular flexibility index (Phi) is 7.90. The number of likely N-dealkylation sites (tertiary alicyclic amines) is 1. The summed E-state index contributed by atoms with van der Waals surface area (Å²) >= 11 is 0. The van der Waals surface area contributed by atoms with Gasteiger partial charge in [-0.15, -0.1) is 0 Å². The maximum Gasteiger partial charge on any atom is 0.235 e. The van der Waals surface area contributed by atoms with Crippen LogP contribution < -0.4 is 4.90 Å². The van der Waals surface area contributed by atoms with E-state index in [1.807, 2.05) is 7.05 Å². The quantitative estimate of drug-likeness (QED) is 0.380. The highest BCUT2D eigenvalue weighted by molar-refractivity contribution is 7.85. The molecule has 1 spiro atoms. The Morgan fingerprint density at radius 3 is 2.52 bits per heavy atom. The van der Waals surface area contributed by atoms with Crippen LogP contribution in [0.5, 0.6) is 0 Å². The highest BCUT2D eigenvalue weighted by atomic mass is 32.2. The molecule has 1 aliphatic carbocycles. The Balaban J connectivity index is 1.11. The Morgan fingerprint density at radius 2 is 1.76 bits per heavy atom. The summed E-state index contributed by atoms with van der Waals surface area (Å²) in [5, 5.41) is 0. The zero-order valence-electron chi connectivity index (χ0n) is 20.3. The number of carbonyl (C=O) groups is 2. The third-order valence-corrected chi connectivity index (χ3v) is 9.16. The van der Waals surface area contributed by atoms with Crippen molar-refractivity contribution in [3.63, 3.8) is 0 Å². The highest BCUT2D eigenvalue weighted by Gasteiger charge is 2.51. The van der Waals surface area contributed by atoms with Crippen molar-refractivity contribution in [2.45, 2.75) is 75.5 Å². The Bertz CT molecular complexity index is 897. The molecule has 1 atom stereocenters. The van der Waals surface area contributed by atoms with Crippen LogP contribution in [0.2, 0.25) is 0 Å². The molecule has 0 radical (unpaired) electrons. The van der Waals surface area contributed by atoms with Crippen molar-refractivity contribution in [2.24, 2.45) is 5.41 Å². The van der Waals surface area contributed by atoms with E-state index < -0.39 is 10.8 Å². The summed E-state index contributed by atoms with van der Waals surface area (Å²) in [6.07, 6.45) is 10.8. The number of hydrogen-bond acceptors (Lipinski definition) is 5. The standard InChI is InChI=1S/C26H39N3O3S/c1-27(15-7-4-10-21-11-12-22-23(18-21)33(32)20-28(22)2)16-8-9-17-29-24(30)19-26(25(29)31)13-5-3-6-14-26/h11-12,18H,3-10,13-17,19-20H2,1-2H3. The number of unbranched alkanes of at least 4 members (excludes halogenated alkanes) is 2. The predicted octanol–water partition coefficient (Wildman–Crippen LogP) is 3.95. The maximum absolute atomic E-state index is 12.9. The first-order chi connectivity index (χ1) is 15.9. The molecule has 0 bridgehead atoms. The second-order valence-electron chi connectivity index (χ2n) is 10.3. The van der Waals surface area contributed by atoms with Gasteiger partial charge in [0.1, 0.15) is 0 Å². The van der Waals surface area contributed by atoms with E-state index in [-0.39, 0.29) is 17.2 Å². The lowest BCUT2D eigenvalue weighted by molar-refractivity contribution is -0.142. The van der Waals surface area contributed by atoms with Gasteiger partial charge in [0.25, 0.3) is 0 Å². The fourth-order valence-corrected chi connectivity index (χ4v) is 7.08. The number of amides is 2. The van der Waals surface area contributed by atoms with Crippen LogP contribution in [0, 0.1) is 5.41 Å². The topological polar surface area (TPSA) is 60.9 Å². The molecule has 2 amide bonds. The average Bonchev–Trinajstić information content (AvgIpc) is 3.21. The van der Waals surface area contributed by atoms with E-state index in [2.05, 4.69) is 35.0 Å². The van der Waals surface area contributed by atoms with Gasteiger partial charge in [0.15, 0.2) is 0 Å². The van der Waals surface area contributed by atoms with Crippen molar-refractivity contribution in [1.82, 2.24) is 9.80 Å². The largest absolute Gasteiger partial charge is 0.361 e. The van der Waals surface area contributed by atoms with Crippen LogP contribution in [0.3, 0.4) is 0 Å². The lowest BCUT2D eigenvalue weighted by Crippen LogP contribution is -2.37. The van der Waals surface area contributed by atoms with Gasteiger partial charge in [-0.2, -0.15) is 0 Å². The summed E-state index contributed by atoms with van der Waals surface area (Å²) in [6, 6.07) is 6.39. The van der Waals surface area contributed by atoms with Gasteiger partial charge in [-0.25, -0.2) is 0 Å². The van der Waals surface area contributed by atoms with Crippen molar-refractivity contribution < 1.29 is 13.8 Å². The lowest BCUT2D eigenvalue weighted by atomic mass is 9.73. The predicted molar refractivity (Wildman–Crippen MR) is 133 cm³/mol. The summed E-state index contributed by atoms with van der Waals surface area (Å²) in [5.41, 5.74) is 2.02. The number of rotatable bonds is 10. The molecule has 2 fully saturated rings. The number of imide groups is 1. The molecule has 7 heteroatoms. The molecular weight excluding hydrogens is 434 g/mol. The van der Waals surface area contributed by atoms with Gasteiger partial charge in [-0.3, -0.25) is 18.7 Å². The fraction of sp³-hybridized carbons (Fsp3) is 0.692. The minimum Gasteiger partial charge on any atom is -0.361 e. The van der Waals surface area contributed by atoms with E-state index >= 15 is 0 Å². The summed E-state index contributed by atoms with van der Waals surface area (Å²) in [6.45, 7) is 2.62. The first kappa shape index (κ1) is 24.4. The van der Waals surface area contributed by atoms with Gasteiger partial charge in [0, 0.05) is 20.0 Å². The van der Waals surface area contributed by atoms with Crippen molar-refractivity contribution in [3.05, 3.63) is 23.8 Å². The first-order valence-electron chi connectivity index (χ1n) is 12.7. The van der Waals surface area contributed by atoms with E-state index in [0.717, 1.165) is 81.5 Å². The number of aryl methyl sites for hydroxylation is 1. The molecule has 1 aromatic rings. The molecule has 1 saturated carbocycles. The van der Waals surface area contributed by atoms with Crippen LogP contribution in [0.4, 0.5) is 5.69 Å². The van der Waals surface area contributed by atoms with E-state index in [4.69, 9.17) is 0 Å². The van der Waals surface area contributed by atoms with Crippen molar-refractivity contribution in [3.8, 4) is 0 Å². The molecular formula is C26H39N3O3S. The number of hydrogen-bond donors (Lipinski definition) is 0. The van der Waals surface area contributed by atoms with E-state index in [9.17, 15) is 13.8 Å². The molecule has 0 N–H and O–H groups in total. The monoisotopic (exact) mass is 473 g/mol. The lowest BCUT2D eigenvalue weighted by Gasteiger charge is -2.30. The van der Waals surface area contributed by atoms with Crippen LogP contribution in [-0.2, 0) is 26.8 Å². The minimum absolute atomic E-state index is 0.0530. The number of anilines is 1. The molecule has 1 aromatic carbocycles. The highest BCUT2D eigenvalue weighted by Crippen LogP contribution is 2.45. The van der Waals surface area contributed by atoms with Crippen LogP contribution in [-0.4, -0.2) is 65.4 Å². The first-order valence-corrected chi connectivity index (χ1v) is 14.0. The van der Waals surface area contributed by atoms with Gasteiger partial charge in [0.05, 0.1) is 32.7 Å². The summed E-state index contributed by atoms with van der Waals surface area (Å²) < 4.78 is 12.2. The van der Waals surface area contributed by atoms with Crippen LogP contribution in [0.25, 0.3) is 0 Å². The number of benzene rings is 1. The van der Waals surface area contributed by atoms with Gasteiger partial charge in [-0.1, -0.05) is 25.3 Å². The SMILES string of the molecule is CN(CCCCc1ccc2c(c1)S(=O)CN2C)CCCCN1C(=O)CC2(CCCCC2)C1=O. The Morgan fingerprint density at radius 1 is 1.03 bits per heavy atom. The second kappa shape index (κ2) is 10.7. The molecule has 2 heterocycles. The van der Waals surface area contributed by atoms with E-state index in [0.29, 0.717) is 18.8 Å². The van der Waals surface area contributed by atoms with Gasteiger partial charge >= 0.3 is 0 Å². The van der Waals surface area contributed by atoms with Crippen LogP contribution in [0.15, 0.2) is 23.1 Å². The fourth-order valence-electron chi connectivity index (χ4n) is 5.71. The summed E-state index contributed by atoms with van der Waals surface area (Å²) in [7, 11) is 3.25. The molecule has 0 aromatic heterocycles. The van der Waals surface area contributed by atoms with Crippen molar-refractivity contribution in [1.29, 1.82) is 0 Å². The third-order valence-electron chi connectivity index (χ3n) is 7.72. The van der Waals surface area contributed by atoms with E-state index in [1.54, 1.807) is 4.90 Å². The molecule has 1 unspecified atom stereocenters. The van der Waals surface area contributed by atoms with Crippen LogP contribution in [0.1, 0.15) is 69.8 Å². The molecule has 1 saturated heterocycles. The molecule has 182 valence electrons. The zero-order valence-corrected chi connectivity index (χ0v) is 21.1. The maximum atomic E-state index is 12.9. The smallest absolute Gasteiger partial charge is 0.235 e. The van der Waals surface area contributed by atoms with Crippen molar-refractivity contribution in [2.75, 3.05) is 44.5 Å². The molecule has 4 rings (SSSR count). The normalized spacial score (nSPS) is 22.1. The van der Waals surface area contributed by atoms with Gasteiger partial charge < -0.3 is 9.80 Å². The molecule has 33 heavy (non-hydrogen) atoms. The second-order valence-corrected chi connectivity index (χ2v) is 11.7. The number of carbonyl (C=O) groups excluding carboxylic acids is 2. The number of fused-ring (bicyclic) bond motifs is 1. The van der Waals surface area contributed by atoms with Crippen LogP contribution >= 0.6 is 0 Å². The average molecular weight is 474 g/mol. The van der Waals surface area contributed by atoms with Gasteiger partial charge in [0.2, 0.25) is 11.8 Å². The number of nitrogens with zero attached hydrogens (tertiary/aromatic N) is 3. The summed E-state index contributed by atoms with van der Waals surface area (Å²) in [4.78, 5) is 32.3. The molecule has 6 nitrogen and oxygen atoms in total. The third kappa shape index (κ3) is 5.51. The van der Waals surface area contributed by atoms with Gasteiger partial charge in [-0.05, 0) is 82.8 Å². The molecule has 2 aliphatic heterocycles. The minimum atomic E-state index is -0.895. The Hall–Kier alpha value is -1.73. The van der Waals surface area contributed by atoms with E-state index in [1.165, 1.54) is 12.0 Å². The van der Waals surface area contributed by atoms with Crippen molar-refractivity contribution >= 4 is 28.3 Å². The summed E-state index contributed by atoms with van der Waals surface area (Å²) in [5.74, 6) is 0.768. The Labute approximate surface area is 201 Å². The zero-order chi connectivity index (χ0) is 23.4. The molecule has 3 aliphatic rings.